The van der Waals surface area contributed by atoms with Crippen LogP contribution in [-0.2, 0) is 7.05 Å². The third-order valence-electron chi connectivity index (χ3n) is 4.30. The molecular formula is C16H20BrN3O. The van der Waals surface area contributed by atoms with Crippen molar-refractivity contribution in [2.24, 2.45) is 13.0 Å². The van der Waals surface area contributed by atoms with E-state index in [0.29, 0.717) is 16.4 Å². The minimum atomic E-state index is -0.0623. The van der Waals surface area contributed by atoms with Crippen LogP contribution < -0.4 is 5.32 Å². The summed E-state index contributed by atoms with van der Waals surface area (Å²) in [4.78, 5) is 13.0. The van der Waals surface area contributed by atoms with E-state index in [1.165, 1.54) is 25.7 Å². The highest BCUT2D eigenvalue weighted by molar-refractivity contribution is 9.09. The maximum absolute atomic E-state index is 12.4. The van der Waals surface area contributed by atoms with Gasteiger partial charge in [-0.3, -0.25) is 9.48 Å². The number of benzene rings is 1. The highest BCUT2D eigenvalue weighted by Gasteiger charge is 2.21. The fourth-order valence-electron chi connectivity index (χ4n) is 3.03. The molecule has 0 atom stereocenters. The summed E-state index contributed by atoms with van der Waals surface area (Å²) in [5.74, 6) is 0.533. The van der Waals surface area contributed by atoms with Crippen molar-refractivity contribution in [2.45, 2.75) is 30.5 Å². The number of halogens is 1. The van der Waals surface area contributed by atoms with Crippen LogP contribution in [0.5, 0.6) is 0 Å². The van der Waals surface area contributed by atoms with Gasteiger partial charge >= 0.3 is 0 Å². The Morgan fingerprint density at radius 2 is 2.05 bits per heavy atom. The third-order valence-corrected chi connectivity index (χ3v) is 5.22. The van der Waals surface area contributed by atoms with Crippen LogP contribution in [0.4, 0.5) is 0 Å². The standard InChI is InChI=1S/C16H20BrN3O/c1-20-14-5-3-2-4-13(14)15(19-20)16(21)18-10-11-6-8-12(17)9-7-11/h2-5,11-12H,6-10H2,1H3,(H,18,21). The molecule has 0 unspecified atom stereocenters. The zero-order valence-corrected chi connectivity index (χ0v) is 13.8. The molecule has 21 heavy (non-hydrogen) atoms. The van der Waals surface area contributed by atoms with E-state index in [4.69, 9.17) is 0 Å². The van der Waals surface area contributed by atoms with Gasteiger partial charge in [-0.1, -0.05) is 34.1 Å². The molecule has 1 saturated carbocycles. The number of carbonyl (C=O) groups excluding carboxylic acids is 1. The van der Waals surface area contributed by atoms with Gasteiger partial charge < -0.3 is 5.32 Å². The summed E-state index contributed by atoms with van der Waals surface area (Å²) in [5.41, 5.74) is 1.52. The molecule has 4 nitrogen and oxygen atoms in total. The number of amides is 1. The van der Waals surface area contributed by atoms with Crippen molar-refractivity contribution in [1.82, 2.24) is 15.1 Å². The van der Waals surface area contributed by atoms with Gasteiger partial charge in [0.05, 0.1) is 5.52 Å². The van der Waals surface area contributed by atoms with E-state index in [0.717, 1.165) is 17.4 Å². The highest BCUT2D eigenvalue weighted by atomic mass is 79.9. The lowest BCUT2D eigenvalue weighted by molar-refractivity contribution is 0.0939. The molecule has 1 N–H and O–H groups in total. The first-order valence-corrected chi connectivity index (χ1v) is 8.40. The normalized spacial score (nSPS) is 22.4. The van der Waals surface area contributed by atoms with Crippen molar-refractivity contribution in [3.8, 4) is 0 Å². The molecule has 1 fully saturated rings. The Hall–Kier alpha value is -1.36. The predicted molar refractivity (Wildman–Crippen MR) is 87.7 cm³/mol. The summed E-state index contributed by atoms with van der Waals surface area (Å²) in [7, 11) is 1.87. The first kappa shape index (κ1) is 14.6. The van der Waals surface area contributed by atoms with Gasteiger partial charge in [-0.25, -0.2) is 0 Å². The summed E-state index contributed by atoms with van der Waals surface area (Å²) in [6.07, 6.45) is 4.76. The van der Waals surface area contributed by atoms with Crippen molar-refractivity contribution < 1.29 is 4.79 Å². The molecule has 3 rings (SSSR count). The van der Waals surface area contributed by atoms with Crippen molar-refractivity contribution in [1.29, 1.82) is 0 Å². The second-order valence-corrected chi connectivity index (χ2v) is 7.11. The number of alkyl halides is 1. The zero-order valence-electron chi connectivity index (χ0n) is 12.2. The second-order valence-electron chi connectivity index (χ2n) is 5.82. The number of hydrogen-bond acceptors (Lipinski definition) is 2. The second kappa shape index (κ2) is 6.18. The molecule has 1 aromatic heterocycles. The van der Waals surface area contributed by atoms with E-state index in [1.807, 2.05) is 31.3 Å². The van der Waals surface area contributed by atoms with Crippen molar-refractivity contribution in [3.63, 3.8) is 0 Å². The van der Waals surface area contributed by atoms with E-state index < -0.39 is 0 Å². The van der Waals surface area contributed by atoms with Crippen molar-refractivity contribution in [2.75, 3.05) is 6.54 Å². The van der Waals surface area contributed by atoms with Gasteiger partial charge in [0, 0.05) is 23.8 Å². The van der Waals surface area contributed by atoms with Gasteiger partial charge in [-0.05, 0) is 37.7 Å². The average Bonchev–Trinajstić information content (AvgIpc) is 2.84. The largest absolute Gasteiger partial charge is 0.350 e. The Balaban J connectivity index is 1.67. The molecule has 2 aromatic rings. The number of carbonyl (C=O) groups is 1. The molecule has 5 heteroatoms. The SMILES string of the molecule is Cn1nc(C(=O)NCC2CCC(Br)CC2)c2ccccc21. The van der Waals surface area contributed by atoms with Crippen LogP contribution >= 0.6 is 15.9 Å². The number of fused-ring (bicyclic) bond motifs is 1. The number of para-hydroxylation sites is 1. The molecule has 0 spiro atoms. The molecule has 1 aromatic carbocycles. The minimum absolute atomic E-state index is 0.0623. The molecule has 1 heterocycles. The Bertz CT molecular complexity index is 644. The van der Waals surface area contributed by atoms with Crippen LogP contribution in [0.25, 0.3) is 10.9 Å². The monoisotopic (exact) mass is 349 g/mol. The van der Waals surface area contributed by atoms with Crippen LogP contribution in [-0.4, -0.2) is 27.1 Å². The first-order chi connectivity index (χ1) is 10.1. The van der Waals surface area contributed by atoms with E-state index in [-0.39, 0.29) is 5.91 Å². The van der Waals surface area contributed by atoms with E-state index in [2.05, 4.69) is 26.3 Å². The average molecular weight is 350 g/mol. The maximum atomic E-state index is 12.4. The van der Waals surface area contributed by atoms with Gasteiger partial charge in [-0.15, -0.1) is 0 Å². The highest BCUT2D eigenvalue weighted by Crippen LogP contribution is 2.28. The van der Waals surface area contributed by atoms with Gasteiger partial charge in [0.15, 0.2) is 5.69 Å². The molecule has 1 amide bonds. The summed E-state index contributed by atoms with van der Waals surface area (Å²) in [6.45, 7) is 0.753. The number of hydrogen-bond donors (Lipinski definition) is 1. The van der Waals surface area contributed by atoms with Crippen LogP contribution in [0.1, 0.15) is 36.2 Å². The van der Waals surface area contributed by atoms with E-state index in [9.17, 15) is 4.79 Å². The first-order valence-electron chi connectivity index (χ1n) is 7.49. The van der Waals surface area contributed by atoms with Gasteiger partial charge in [0.1, 0.15) is 0 Å². The van der Waals surface area contributed by atoms with Gasteiger partial charge in [-0.2, -0.15) is 5.10 Å². The molecular weight excluding hydrogens is 330 g/mol. The topological polar surface area (TPSA) is 46.9 Å². The van der Waals surface area contributed by atoms with Crippen LogP contribution in [0.2, 0.25) is 0 Å². The third kappa shape index (κ3) is 3.12. The summed E-state index contributed by atoms with van der Waals surface area (Å²) in [5, 5.41) is 8.34. The maximum Gasteiger partial charge on any atom is 0.272 e. The lowest BCUT2D eigenvalue weighted by atomic mass is 9.89. The molecule has 0 radical (unpaired) electrons. The molecule has 0 aliphatic heterocycles. The minimum Gasteiger partial charge on any atom is -0.350 e. The summed E-state index contributed by atoms with van der Waals surface area (Å²) >= 11 is 3.66. The number of rotatable bonds is 3. The predicted octanol–water partition coefficient (Wildman–Crippen LogP) is 3.26. The van der Waals surface area contributed by atoms with Crippen molar-refractivity contribution >= 4 is 32.7 Å². The van der Waals surface area contributed by atoms with E-state index in [1.54, 1.807) is 4.68 Å². The molecule has 1 aliphatic carbocycles. The lowest BCUT2D eigenvalue weighted by Crippen LogP contribution is -2.31. The molecule has 0 saturated heterocycles. The van der Waals surface area contributed by atoms with Crippen LogP contribution in [0.15, 0.2) is 24.3 Å². The zero-order chi connectivity index (χ0) is 14.8. The Morgan fingerprint density at radius 1 is 1.33 bits per heavy atom. The quantitative estimate of drug-likeness (QED) is 0.864. The van der Waals surface area contributed by atoms with E-state index >= 15 is 0 Å². The Morgan fingerprint density at radius 3 is 2.81 bits per heavy atom. The fraction of sp³-hybridized carbons (Fsp3) is 0.500. The fourth-order valence-corrected chi connectivity index (χ4v) is 3.56. The van der Waals surface area contributed by atoms with Crippen molar-refractivity contribution in [3.05, 3.63) is 30.0 Å². The number of aryl methyl sites for hydroxylation is 1. The van der Waals surface area contributed by atoms with Gasteiger partial charge in [0.2, 0.25) is 0 Å². The summed E-state index contributed by atoms with van der Waals surface area (Å²) < 4.78 is 1.76. The van der Waals surface area contributed by atoms with Crippen LogP contribution in [0.3, 0.4) is 0 Å². The number of aromatic nitrogens is 2. The molecule has 0 bridgehead atoms. The number of nitrogens with one attached hydrogen (secondary N) is 1. The Kier molecular flexibility index (Phi) is 4.29. The van der Waals surface area contributed by atoms with Gasteiger partial charge in [0.25, 0.3) is 5.91 Å². The Labute approximate surface area is 133 Å². The molecule has 112 valence electrons. The summed E-state index contributed by atoms with van der Waals surface area (Å²) in [6, 6.07) is 7.84. The lowest BCUT2D eigenvalue weighted by Gasteiger charge is -2.25. The smallest absolute Gasteiger partial charge is 0.272 e. The number of nitrogens with zero attached hydrogens (tertiary/aromatic N) is 2. The van der Waals surface area contributed by atoms with Crippen LogP contribution in [0, 0.1) is 5.92 Å². The molecule has 1 aliphatic rings.